The predicted octanol–water partition coefficient (Wildman–Crippen LogP) is 2.88. The highest BCUT2D eigenvalue weighted by atomic mass is 16.4. The van der Waals surface area contributed by atoms with Crippen molar-refractivity contribution in [2.24, 2.45) is 7.05 Å². The fourth-order valence-corrected chi connectivity index (χ4v) is 2.22. The van der Waals surface area contributed by atoms with Gasteiger partial charge in [0.15, 0.2) is 0 Å². The summed E-state index contributed by atoms with van der Waals surface area (Å²) in [6.07, 6.45) is 1.79. The van der Waals surface area contributed by atoms with Crippen LogP contribution >= 0.6 is 0 Å². The summed E-state index contributed by atoms with van der Waals surface area (Å²) < 4.78 is 1.98. The Kier molecular flexibility index (Phi) is 3.31. The number of fused-ring (bicyclic) bond motifs is 1. The molecule has 2 aromatic carbocycles. The van der Waals surface area contributed by atoms with Crippen LogP contribution in [0.3, 0.4) is 0 Å². The second-order valence-corrected chi connectivity index (χ2v) is 4.91. The molecule has 0 saturated carbocycles. The molecule has 0 atom stereocenters. The van der Waals surface area contributed by atoms with E-state index in [-0.39, 0.29) is 0 Å². The number of aromatic nitrogens is 2. The maximum atomic E-state index is 10.8. The minimum absolute atomic E-state index is 0.300. The van der Waals surface area contributed by atoms with Crippen LogP contribution in [0.25, 0.3) is 11.0 Å². The van der Waals surface area contributed by atoms with Crippen LogP contribution in [0.2, 0.25) is 0 Å². The maximum absolute atomic E-state index is 10.8. The Morgan fingerprint density at radius 2 is 2.00 bits per heavy atom. The number of hydrogen-bond donors (Lipinski definition) is 2. The molecule has 0 bridgehead atoms. The van der Waals surface area contributed by atoms with E-state index < -0.39 is 5.97 Å². The van der Waals surface area contributed by atoms with E-state index in [4.69, 9.17) is 5.11 Å². The molecule has 0 aliphatic rings. The number of carboxylic acid groups (broad SMARTS) is 1. The number of aryl methyl sites for hydroxylation is 1. The van der Waals surface area contributed by atoms with Gasteiger partial charge in [0.1, 0.15) is 0 Å². The van der Waals surface area contributed by atoms with Crippen molar-refractivity contribution in [1.82, 2.24) is 9.55 Å². The first-order chi connectivity index (χ1) is 10.1. The van der Waals surface area contributed by atoms with Crippen LogP contribution in [0, 0.1) is 0 Å². The highest BCUT2D eigenvalue weighted by Crippen LogP contribution is 2.18. The molecule has 0 aliphatic carbocycles. The van der Waals surface area contributed by atoms with E-state index in [0.29, 0.717) is 12.1 Å². The van der Waals surface area contributed by atoms with Crippen LogP contribution in [0.4, 0.5) is 5.69 Å². The summed E-state index contributed by atoms with van der Waals surface area (Å²) in [4.78, 5) is 15.1. The van der Waals surface area contributed by atoms with E-state index in [1.165, 1.54) is 0 Å². The first-order valence-electron chi connectivity index (χ1n) is 6.61. The van der Waals surface area contributed by atoms with Crippen molar-refractivity contribution in [3.63, 3.8) is 0 Å². The SMILES string of the molecule is Cn1cnc2cc(NCc3ccc(C(=O)O)cc3)ccc21. The van der Waals surface area contributed by atoms with Crippen molar-refractivity contribution in [2.75, 3.05) is 5.32 Å². The number of hydrogen-bond acceptors (Lipinski definition) is 3. The minimum atomic E-state index is -0.907. The van der Waals surface area contributed by atoms with Gasteiger partial charge in [-0.1, -0.05) is 12.1 Å². The molecule has 3 aromatic rings. The van der Waals surface area contributed by atoms with Gasteiger partial charge in [0, 0.05) is 19.3 Å². The summed E-state index contributed by atoms with van der Waals surface area (Å²) in [6, 6.07) is 12.9. The zero-order valence-electron chi connectivity index (χ0n) is 11.6. The fourth-order valence-electron chi connectivity index (χ4n) is 2.22. The maximum Gasteiger partial charge on any atom is 0.335 e. The summed E-state index contributed by atoms with van der Waals surface area (Å²) in [7, 11) is 1.96. The molecule has 106 valence electrons. The molecule has 0 unspecified atom stereocenters. The summed E-state index contributed by atoms with van der Waals surface area (Å²) in [5.41, 5.74) is 4.35. The van der Waals surface area contributed by atoms with E-state index in [1.54, 1.807) is 18.5 Å². The van der Waals surface area contributed by atoms with Gasteiger partial charge in [-0.15, -0.1) is 0 Å². The van der Waals surface area contributed by atoms with Crippen molar-refractivity contribution < 1.29 is 9.90 Å². The van der Waals surface area contributed by atoms with Crippen molar-refractivity contribution in [1.29, 1.82) is 0 Å². The second-order valence-electron chi connectivity index (χ2n) is 4.91. The summed E-state index contributed by atoms with van der Waals surface area (Å²) in [6.45, 7) is 0.637. The standard InChI is InChI=1S/C16H15N3O2/c1-19-10-18-14-8-13(6-7-15(14)19)17-9-11-2-4-12(5-3-11)16(20)21/h2-8,10,17H,9H2,1H3,(H,20,21). The molecule has 0 amide bonds. The van der Waals surface area contributed by atoms with Crippen LogP contribution in [0.15, 0.2) is 48.8 Å². The van der Waals surface area contributed by atoms with Crippen molar-refractivity contribution >= 4 is 22.7 Å². The number of benzene rings is 2. The van der Waals surface area contributed by atoms with Gasteiger partial charge in [0.05, 0.1) is 22.9 Å². The quantitative estimate of drug-likeness (QED) is 0.771. The molecule has 5 nitrogen and oxygen atoms in total. The van der Waals surface area contributed by atoms with Crippen LogP contribution in [-0.2, 0) is 13.6 Å². The number of nitrogens with zero attached hydrogens (tertiary/aromatic N) is 2. The Bertz CT molecular complexity index is 791. The molecule has 0 aliphatic heterocycles. The molecule has 21 heavy (non-hydrogen) atoms. The molecular weight excluding hydrogens is 266 g/mol. The van der Waals surface area contributed by atoms with Gasteiger partial charge in [-0.3, -0.25) is 0 Å². The highest BCUT2D eigenvalue weighted by Gasteiger charge is 2.03. The largest absolute Gasteiger partial charge is 0.478 e. The minimum Gasteiger partial charge on any atom is -0.478 e. The van der Waals surface area contributed by atoms with Crippen molar-refractivity contribution in [2.45, 2.75) is 6.54 Å². The molecule has 0 spiro atoms. The Labute approximate surface area is 121 Å². The lowest BCUT2D eigenvalue weighted by atomic mass is 10.1. The number of carbonyl (C=O) groups is 1. The van der Waals surface area contributed by atoms with Crippen molar-refractivity contribution in [3.05, 3.63) is 59.9 Å². The first kappa shape index (κ1) is 13.2. The number of anilines is 1. The average molecular weight is 281 g/mol. The summed E-state index contributed by atoms with van der Waals surface area (Å²) in [5, 5.41) is 12.2. The number of carboxylic acids is 1. The first-order valence-corrected chi connectivity index (χ1v) is 6.61. The van der Waals surface area contributed by atoms with Crippen LogP contribution < -0.4 is 5.32 Å². The lowest BCUT2D eigenvalue weighted by Gasteiger charge is -2.07. The van der Waals surface area contributed by atoms with Gasteiger partial charge < -0.3 is 15.0 Å². The molecule has 2 N–H and O–H groups in total. The lowest BCUT2D eigenvalue weighted by Crippen LogP contribution is -2.01. The summed E-state index contributed by atoms with van der Waals surface area (Å²) in [5.74, 6) is -0.907. The third-order valence-corrected chi connectivity index (χ3v) is 3.42. The second kappa shape index (κ2) is 5.28. The predicted molar refractivity (Wildman–Crippen MR) is 81.4 cm³/mol. The Morgan fingerprint density at radius 1 is 1.24 bits per heavy atom. The molecule has 3 rings (SSSR count). The molecule has 0 fully saturated rings. The number of aromatic carboxylic acids is 1. The van der Waals surface area contributed by atoms with E-state index >= 15 is 0 Å². The zero-order chi connectivity index (χ0) is 14.8. The highest BCUT2D eigenvalue weighted by molar-refractivity contribution is 5.87. The smallest absolute Gasteiger partial charge is 0.335 e. The van der Waals surface area contributed by atoms with E-state index in [2.05, 4.69) is 10.3 Å². The van der Waals surface area contributed by atoms with Gasteiger partial charge in [-0.2, -0.15) is 0 Å². The molecule has 5 heteroatoms. The topological polar surface area (TPSA) is 67.2 Å². The molecule has 1 aromatic heterocycles. The monoisotopic (exact) mass is 281 g/mol. The van der Waals surface area contributed by atoms with E-state index in [0.717, 1.165) is 22.3 Å². The van der Waals surface area contributed by atoms with Gasteiger partial charge in [0.25, 0.3) is 0 Å². The molecule has 1 heterocycles. The Morgan fingerprint density at radius 3 is 2.71 bits per heavy atom. The van der Waals surface area contributed by atoms with E-state index in [9.17, 15) is 4.79 Å². The fraction of sp³-hybridized carbons (Fsp3) is 0.125. The average Bonchev–Trinajstić information content (AvgIpc) is 2.86. The molecule has 0 saturated heterocycles. The molecular formula is C16H15N3O2. The molecule has 0 radical (unpaired) electrons. The van der Waals surface area contributed by atoms with Gasteiger partial charge in [-0.25, -0.2) is 9.78 Å². The third kappa shape index (κ3) is 2.72. The van der Waals surface area contributed by atoms with Gasteiger partial charge in [-0.05, 0) is 35.9 Å². The Hall–Kier alpha value is -2.82. The van der Waals surface area contributed by atoms with Gasteiger partial charge >= 0.3 is 5.97 Å². The van der Waals surface area contributed by atoms with Crippen LogP contribution in [0.5, 0.6) is 0 Å². The normalized spacial score (nSPS) is 10.7. The summed E-state index contributed by atoms with van der Waals surface area (Å²) >= 11 is 0. The van der Waals surface area contributed by atoms with Crippen LogP contribution in [-0.4, -0.2) is 20.6 Å². The number of nitrogens with one attached hydrogen (secondary N) is 1. The van der Waals surface area contributed by atoms with Gasteiger partial charge in [0.2, 0.25) is 0 Å². The third-order valence-electron chi connectivity index (χ3n) is 3.42. The number of rotatable bonds is 4. The van der Waals surface area contributed by atoms with E-state index in [1.807, 2.05) is 41.9 Å². The van der Waals surface area contributed by atoms with Crippen molar-refractivity contribution in [3.8, 4) is 0 Å². The van der Waals surface area contributed by atoms with Crippen LogP contribution in [0.1, 0.15) is 15.9 Å². The number of imidazole rings is 1. The lowest BCUT2D eigenvalue weighted by molar-refractivity contribution is 0.0697. The zero-order valence-corrected chi connectivity index (χ0v) is 11.6. The Balaban J connectivity index is 1.72.